The summed E-state index contributed by atoms with van der Waals surface area (Å²) in [5, 5.41) is 4.64. The van der Waals surface area contributed by atoms with Crippen LogP contribution < -0.4 is 0 Å². The summed E-state index contributed by atoms with van der Waals surface area (Å²) in [6.07, 6.45) is 2.86. The lowest BCUT2D eigenvalue weighted by Gasteiger charge is -2.16. The van der Waals surface area contributed by atoms with Crippen LogP contribution in [0.25, 0.3) is 11.2 Å². The number of aromatic nitrogens is 4. The third-order valence-electron chi connectivity index (χ3n) is 3.92. The highest BCUT2D eigenvalue weighted by atomic mass is 35.5. The van der Waals surface area contributed by atoms with Gasteiger partial charge < -0.3 is 9.47 Å². The molecule has 118 valence electrons. The van der Waals surface area contributed by atoms with E-state index in [1.165, 1.54) is 0 Å². The lowest BCUT2D eigenvalue weighted by Crippen LogP contribution is -2.24. The Hall–Kier alpha value is -1.07. The van der Waals surface area contributed by atoms with Crippen LogP contribution in [0.4, 0.5) is 0 Å². The lowest BCUT2D eigenvalue weighted by molar-refractivity contribution is 0.334. The van der Waals surface area contributed by atoms with E-state index in [0.717, 1.165) is 61.6 Å². The number of aryl methyl sites for hydroxylation is 3. The number of likely N-dealkylation sites (N-methyl/N-ethyl adjacent to an activating group) is 1. The first-order valence-corrected chi connectivity index (χ1v) is 8.31. The maximum absolute atomic E-state index is 5.95. The molecule has 2 rings (SSSR count). The van der Waals surface area contributed by atoms with Gasteiger partial charge in [-0.2, -0.15) is 5.10 Å². The van der Waals surface area contributed by atoms with Crippen molar-refractivity contribution < 1.29 is 0 Å². The van der Waals surface area contributed by atoms with Crippen LogP contribution in [-0.4, -0.2) is 50.2 Å². The molecule has 0 saturated heterocycles. The van der Waals surface area contributed by atoms with Crippen molar-refractivity contribution in [3.05, 3.63) is 11.5 Å². The van der Waals surface area contributed by atoms with Crippen molar-refractivity contribution in [3.63, 3.8) is 0 Å². The standard InChI is InChI=1S/C15H26ClN5/c1-5-7-12-14-15(20(4)18-12)21(11-10-19(3)6-2)13(17-14)8-9-16/h5-11H2,1-4H3. The Balaban J connectivity index is 2.41. The maximum atomic E-state index is 5.95. The number of imidazole rings is 1. The summed E-state index contributed by atoms with van der Waals surface area (Å²) in [4.78, 5) is 7.13. The zero-order valence-electron chi connectivity index (χ0n) is 13.6. The van der Waals surface area contributed by atoms with Crippen LogP contribution in [-0.2, 0) is 26.4 Å². The van der Waals surface area contributed by atoms with Gasteiger partial charge >= 0.3 is 0 Å². The van der Waals surface area contributed by atoms with E-state index in [1.807, 2.05) is 11.7 Å². The number of alkyl halides is 1. The van der Waals surface area contributed by atoms with Gasteiger partial charge in [-0.25, -0.2) is 4.98 Å². The van der Waals surface area contributed by atoms with Gasteiger partial charge in [0.25, 0.3) is 0 Å². The van der Waals surface area contributed by atoms with Crippen molar-refractivity contribution in [2.75, 3.05) is 26.0 Å². The zero-order chi connectivity index (χ0) is 15.4. The monoisotopic (exact) mass is 311 g/mol. The van der Waals surface area contributed by atoms with Crippen LogP contribution in [0, 0.1) is 0 Å². The van der Waals surface area contributed by atoms with Crippen molar-refractivity contribution >= 4 is 22.8 Å². The molecule has 0 N–H and O–H groups in total. The molecule has 21 heavy (non-hydrogen) atoms. The molecule has 0 fully saturated rings. The molecule has 0 saturated carbocycles. The molecule has 0 atom stereocenters. The van der Waals surface area contributed by atoms with E-state index in [0.29, 0.717) is 5.88 Å². The quantitative estimate of drug-likeness (QED) is 0.703. The van der Waals surface area contributed by atoms with Crippen LogP contribution in [0.1, 0.15) is 31.8 Å². The summed E-state index contributed by atoms with van der Waals surface area (Å²) >= 11 is 5.95. The SMILES string of the molecule is CCCc1nn(C)c2c1nc(CCCl)n2CCN(C)CC. The van der Waals surface area contributed by atoms with E-state index >= 15 is 0 Å². The summed E-state index contributed by atoms with van der Waals surface area (Å²) in [7, 11) is 4.15. The van der Waals surface area contributed by atoms with Gasteiger partial charge in [-0.3, -0.25) is 4.68 Å². The topological polar surface area (TPSA) is 38.9 Å². The average molecular weight is 312 g/mol. The second-order valence-electron chi connectivity index (χ2n) is 5.51. The molecule has 0 spiro atoms. The van der Waals surface area contributed by atoms with Gasteiger partial charge in [0.15, 0.2) is 5.65 Å². The molecule has 0 aliphatic carbocycles. The van der Waals surface area contributed by atoms with Crippen molar-refractivity contribution in [2.24, 2.45) is 7.05 Å². The molecule has 5 nitrogen and oxygen atoms in total. The van der Waals surface area contributed by atoms with Crippen LogP contribution in [0.15, 0.2) is 0 Å². The van der Waals surface area contributed by atoms with E-state index in [2.05, 4.69) is 35.5 Å². The second kappa shape index (κ2) is 7.27. The summed E-state index contributed by atoms with van der Waals surface area (Å²) in [6, 6.07) is 0. The van der Waals surface area contributed by atoms with Gasteiger partial charge in [0.05, 0.1) is 5.69 Å². The minimum Gasteiger partial charge on any atom is -0.312 e. The van der Waals surface area contributed by atoms with Crippen LogP contribution in [0.3, 0.4) is 0 Å². The smallest absolute Gasteiger partial charge is 0.158 e. The minimum atomic E-state index is 0.601. The fourth-order valence-electron chi connectivity index (χ4n) is 2.63. The summed E-state index contributed by atoms with van der Waals surface area (Å²) < 4.78 is 4.26. The van der Waals surface area contributed by atoms with Gasteiger partial charge in [0.2, 0.25) is 0 Å². The molecular weight excluding hydrogens is 286 g/mol. The van der Waals surface area contributed by atoms with Crippen molar-refractivity contribution in [2.45, 2.75) is 39.7 Å². The van der Waals surface area contributed by atoms with Gasteiger partial charge in [0, 0.05) is 32.4 Å². The number of hydrogen-bond acceptors (Lipinski definition) is 3. The Labute approximate surface area is 131 Å². The molecule has 2 heterocycles. The number of fused-ring (bicyclic) bond motifs is 1. The van der Waals surface area contributed by atoms with Crippen LogP contribution in [0.5, 0.6) is 0 Å². The summed E-state index contributed by atoms with van der Waals surface area (Å²) in [6.45, 7) is 7.33. The van der Waals surface area contributed by atoms with Gasteiger partial charge in [-0.15, -0.1) is 11.6 Å². The van der Waals surface area contributed by atoms with Crippen molar-refractivity contribution in [3.8, 4) is 0 Å². The van der Waals surface area contributed by atoms with E-state index in [9.17, 15) is 0 Å². The highest BCUT2D eigenvalue weighted by Gasteiger charge is 2.18. The van der Waals surface area contributed by atoms with Gasteiger partial charge in [-0.05, 0) is 20.0 Å². The van der Waals surface area contributed by atoms with E-state index in [-0.39, 0.29) is 0 Å². The van der Waals surface area contributed by atoms with Crippen molar-refractivity contribution in [1.29, 1.82) is 0 Å². The Morgan fingerprint density at radius 1 is 1.24 bits per heavy atom. The molecule has 0 radical (unpaired) electrons. The third-order valence-corrected chi connectivity index (χ3v) is 4.11. The molecule has 2 aromatic heterocycles. The number of rotatable bonds is 8. The zero-order valence-corrected chi connectivity index (χ0v) is 14.3. The first kappa shape index (κ1) is 16.3. The average Bonchev–Trinajstić information content (AvgIpc) is 2.96. The van der Waals surface area contributed by atoms with Crippen molar-refractivity contribution in [1.82, 2.24) is 24.2 Å². The molecule has 0 aliphatic heterocycles. The van der Waals surface area contributed by atoms with Gasteiger partial charge in [0.1, 0.15) is 11.3 Å². The van der Waals surface area contributed by atoms with Crippen LogP contribution >= 0.6 is 11.6 Å². The minimum absolute atomic E-state index is 0.601. The van der Waals surface area contributed by atoms with Crippen LogP contribution in [0.2, 0.25) is 0 Å². The Kier molecular flexibility index (Phi) is 5.65. The Morgan fingerprint density at radius 2 is 2.00 bits per heavy atom. The highest BCUT2D eigenvalue weighted by molar-refractivity contribution is 6.17. The Morgan fingerprint density at radius 3 is 2.62 bits per heavy atom. The predicted molar refractivity (Wildman–Crippen MR) is 88.1 cm³/mol. The first-order chi connectivity index (χ1) is 10.1. The molecule has 6 heteroatoms. The largest absolute Gasteiger partial charge is 0.312 e. The maximum Gasteiger partial charge on any atom is 0.158 e. The van der Waals surface area contributed by atoms with Gasteiger partial charge in [-0.1, -0.05) is 20.3 Å². The molecule has 0 bridgehead atoms. The molecule has 0 aliphatic rings. The number of nitrogens with zero attached hydrogens (tertiary/aromatic N) is 5. The lowest BCUT2D eigenvalue weighted by atomic mass is 10.2. The van der Waals surface area contributed by atoms with E-state index in [1.54, 1.807) is 0 Å². The first-order valence-electron chi connectivity index (χ1n) is 7.77. The normalized spacial score (nSPS) is 11.9. The molecule has 2 aromatic rings. The highest BCUT2D eigenvalue weighted by Crippen LogP contribution is 2.21. The molecule has 0 aromatic carbocycles. The predicted octanol–water partition coefficient (Wildman–Crippen LogP) is 2.46. The third kappa shape index (κ3) is 3.40. The Bertz CT molecular complexity index is 586. The van der Waals surface area contributed by atoms with E-state index in [4.69, 9.17) is 16.6 Å². The molecule has 0 amide bonds. The second-order valence-corrected chi connectivity index (χ2v) is 5.89. The fourth-order valence-corrected chi connectivity index (χ4v) is 2.80. The molecule has 0 unspecified atom stereocenters. The number of halogens is 1. The van der Waals surface area contributed by atoms with E-state index < -0.39 is 0 Å². The summed E-state index contributed by atoms with van der Waals surface area (Å²) in [5.41, 5.74) is 3.29. The fraction of sp³-hybridized carbons (Fsp3) is 0.733. The molecular formula is C15H26ClN5. The number of hydrogen-bond donors (Lipinski definition) is 0. The summed E-state index contributed by atoms with van der Waals surface area (Å²) in [5.74, 6) is 1.68.